The van der Waals surface area contributed by atoms with E-state index < -0.39 is 36.2 Å². The van der Waals surface area contributed by atoms with E-state index in [1.807, 2.05) is 0 Å². The van der Waals surface area contributed by atoms with Crippen LogP contribution in [0.4, 0.5) is 17.1 Å². The van der Waals surface area contributed by atoms with Gasteiger partial charge < -0.3 is 43.7 Å². The van der Waals surface area contributed by atoms with Crippen LogP contribution in [0.1, 0.15) is 81.9 Å². The number of carbonyl (C=O) groups excluding carboxylic acids is 3. The van der Waals surface area contributed by atoms with Gasteiger partial charge in [-0.05, 0) is 131 Å². The number of carbonyl (C=O) groups is 3. The molecule has 0 radical (unpaired) electrons. The first-order valence-electron chi connectivity index (χ1n) is 23.9. The van der Waals surface area contributed by atoms with E-state index in [1.165, 1.54) is 48.7 Å². The molecule has 0 saturated carbocycles. The molecule has 1 fully saturated rings. The molecule has 1 saturated heterocycles. The maximum Gasteiger partial charge on any atom is 3.00 e. The number of ether oxygens (including phenoxy) is 6. The number of methoxy groups -OCH3 is 6. The summed E-state index contributed by atoms with van der Waals surface area (Å²) in [6.45, 7) is 2.31. The van der Waals surface area contributed by atoms with E-state index in [2.05, 4.69) is 89.4 Å². The van der Waals surface area contributed by atoms with Gasteiger partial charge in [0.1, 0.15) is 17.1 Å². The zero-order valence-corrected chi connectivity index (χ0v) is 46.6. The Morgan fingerprint density at radius 1 is 0.412 bits per heavy atom. The average Bonchev–Trinajstić information content (AvgIpc) is 3.65. The van der Waals surface area contributed by atoms with E-state index in [4.69, 9.17) is 19.2 Å². The SMILES string of the molecule is COC(=O)c1cc(C#Cc2ccc(N=C([O-])OC)cc2)cc(CN2CCN(Cc3cc(C#Cc4ccc(N=C([O-])OC)cc4)cc(C(=O)OC)n3)CN(Cc3cc(C#Cc4ccc(N=C([O-])OC)cc4)cc(C(=O)OC)n3)C2)n1.[Eu+3]. The summed E-state index contributed by atoms with van der Waals surface area (Å²) in [4.78, 5) is 71.0. The van der Waals surface area contributed by atoms with Crippen LogP contribution in [0.2, 0.25) is 0 Å². The van der Waals surface area contributed by atoms with Crippen LogP contribution in [0.3, 0.4) is 0 Å². The van der Waals surface area contributed by atoms with Crippen LogP contribution in [-0.2, 0) is 48.1 Å². The molecule has 1 aliphatic rings. The summed E-state index contributed by atoms with van der Waals surface area (Å²) in [5, 5.41) is 34.9. The van der Waals surface area contributed by atoms with Crippen LogP contribution in [0.5, 0.6) is 0 Å². The molecule has 6 aromatic rings. The molecule has 3 aromatic carbocycles. The number of hydrogen-bond acceptors (Lipinski definition) is 21. The second-order valence-corrected chi connectivity index (χ2v) is 17.0. The van der Waals surface area contributed by atoms with Gasteiger partial charge in [0, 0.05) is 66.1 Å². The zero-order valence-electron chi connectivity index (χ0n) is 44.1. The van der Waals surface area contributed by atoms with Gasteiger partial charge in [-0.2, -0.15) is 0 Å². The number of benzene rings is 3. The minimum Gasteiger partial charge on any atom is -0.603 e. The average molecular weight is 1220 g/mol. The molecule has 22 heteroatoms. The molecule has 7 rings (SSSR count). The maximum atomic E-state index is 13.1. The Bertz CT molecular complexity index is 3330. The largest absolute Gasteiger partial charge is 3.00 e. The van der Waals surface area contributed by atoms with Crippen LogP contribution in [0.15, 0.2) is 124 Å². The van der Waals surface area contributed by atoms with Gasteiger partial charge in [-0.3, -0.25) is 14.7 Å². The van der Waals surface area contributed by atoms with Gasteiger partial charge in [-0.15, -0.1) is 0 Å². The minimum absolute atomic E-state index is 0. The number of rotatable bonds is 12. The normalized spacial score (nSPS) is 13.1. The van der Waals surface area contributed by atoms with Gasteiger partial charge in [-0.25, -0.2) is 44.3 Å². The van der Waals surface area contributed by atoms with Crippen LogP contribution in [0.25, 0.3) is 0 Å². The monoisotopic (exact) mass is 1220 g/mol. The third kappa shape index (κ3) is 18.3. The van der Waals surface area contributed by atoms with Crippen molar-refractivity contribution in [2.75, 3.05) is 69.1 Å². The summed E-state index contributed by atoms with van der Waals surface area (Å²) >= 11 is 0. The molecule has 0 aliphatic carbocycles. The number of hydrogen-bond donors (Lipinski definition) is 0. The van der Waals surface area contributed by atoms with Gasteiger partial charge >= 0.3 is 67.3 Å². The third-order valence-corrected chi connectivity index (χ3v) is 11.3. The Morgan fingerprint density at radius 2 is 0.675 bits per heavy atom. The Morgan fingerprint density at radius 3 is 0.938 bits per heavy atom. The quantitative estimate of drug-likeness (QED) is 0.0560. The molecular formula is C58H50EuN9O12. The van der Waals surface area contributed by atoms with Gasteiger partial charge in [-0.1, -0.05) is 35.5 Å². The molecule has 4 heterocycles. The van der Waals surface area contributed by atoms with Crippen molar-refractivity contribution >= 4 is 53.2 Å². The van der Waals surface area contributed by atoms with Crippen molar-refractivity contribution in [3.63, 3.8) is 0 Å². The van der Waals surface area contributed by atoms with Crippen molar-refractivity contribution in [2.45, 2.75) is 19.6 Å². The zero-order chi connectivity index (χ0) is 56.3. The Kier molecular flexibility index (Phi) is 22.8. The van der Waals surface area contributed by atoms with E-state index >= 15 is 0 Å². The second kappa shape index (κ2) is 30.0. The number of esters is 3. The van der Waals surface area contributed by atoms with Crippen molar-refractivity contribution in [3.8, 4) is 35.5 Å². The first kappa shape index (κ1) is 60.7. The molecule has 3 aromatic heterocycles. The summed E-state index contributed by atoms with van der Waals surface area (Å²) in [6.07, 6.45) is -2.20. The molecule has 0 bridgehead atoms. The number of pyridine rings is 3. The Hall–Kier alpha value is -8.53. The van der Waals surface area contributed by atoms with Crippen molar-refractivity contribution in [1.82, 2.24) is 29.7 Å². The van der Waals surface area contributed by atoms with E-state index in [9.17, 15) is 29.7 Å². The number of nitrogens with zero attached hydrogens (tertiary/aromatic N) is 9. The smallest absolute Gasteiger partial charge is 0.603 e. The second-order valence-electron chi connectivity index (χ2n) is 17.0. The van der Waals surface area contributed by atoms with Gasteiger partial charge in [0.15, 0.2) is 18.3 Å². The molecule has 0 unspecified atom stereocenters. The summed E-state index contributed by atoms with van der Waals surface area (Å²) < 4.78 is 29.1. The van der Waals surface area contributed by atoms with E-state index in [0.717, 1.165) is 0 Å². The molecule has 1 aliphatic heterocycles. The predicted molar refractivity (Wildman–Crippen MR) is 282 cm³/mol. The molecule has 0 N–H and O–H groups in total. The van der Waals surface area contributed by atoms with Crippen molar-refractivity contribution in [1.29, 1.82) is 0 Å². The molecular weight excluding hydrogens is 1170 g/mol. The van der Waals surface area contributed by atoms with E-state index in [1.54, 1.807) is 103 Å². The molecule has 80 heavy (non-hydrogen) atoms. The summed E-state index contributed by atoms with van der Waals surface area (Å²) in [7, 11) is 7.52. The fourth-order valence-electron chi connectivity index (χ4n) is 7.67. The molecule has 0 amide bonds. The first-order chi connectivity index (χ1) is 38.2. The summed E-state index contributed by atoms with van der Waals surface area (Å²) in [5.41, 5.74) is 6.18. The number of aromatic nitrogens is 3. The minimum atomic E-state index is -0.735. The van der Waals surface area contributed by atoms with E-state index in [0.29, 0.717) is 94.0 Å². The summed E-state index contributed by atoms with van der Waals surface area (Å²) in [5.74, 6) is 16.7. The van der Waals surface area contributed by atoms with Crippen LogP contribution < -0.4 is 15.3 Å². The Balaban J connectivity index is 0.0000103. The molecule has 0 spiro atoms. The first-order valence-corrected chi connectivity index (χ1v) is 23.9. The number of aliphatic imine (C=N–C) groups is 3. The molecule has 0 atom stereocenters. The predicted octanol–water partition coefficient (Wildman–Crippen LogP) is 3.15. The fraction of sp³-hybridized carbons (Fsp3) is 0.224. The van der Waals surface area contributed by atoms with Crippen LogP contribution >= 0.6 is 0 Å². The van der Waals surface area contributed by atoms with Crippen molar-refractivity contribution < 1.29 is 108 Å². The Labute approximate surface area is 502 Å². The van der Waals surface area contributed by atoms with Crippen molar-refractivity contribution in [3.05, 3.63) is 177 Å². The fourth-order valence-corrected chi connectivity index (χ4v) is 7.67. The topological polar surface area (TPSA) is 261 Å². The molecule has 406 valence electrons. The van der Waals surface area contributed by atoms with Crippen LogP contribution in [0, 0.1) is 84.9 Å². The van der Waals surface area contributed by atoms with Gasteiger partial charge in [0.25, 0.3) is 0 Å². The van der Waals surface area contributed by atoms with Gasteiger partial charge in [0.05, 0.1) is 68.8 Å². The third-order valence-electron chi connectivity index (χ3n) is 11.3. The maximum absolute atomic E-state index is 13.1. The van der Waals surface area contributed by atoms with Crippen LogP contribution in [-0.4, -0.2) is 135 Å². The van der Waals surface area contributed by atoms with Crippen molar-refractivity contribution in [2.24, 2.45) is 15.0 Å². The summed E-state index contributed by atoms with van der Waals surface area (Å²) in [6, 6.07) is 30.0. The van der Waals surface area contributed by atoms with E-state index in [-0.39, 0.29) is 86.1 Å². The standard InChI is InChI=1S/C58H53N9O12.Eu/c1-74-53(68)50-30-41(10-7-38-13-19-44(20-14-38)62-56(71)77-4)27-47(59-50)33-65-25-26-66(34-48-28-42(31-51(60-48)54(69)75-2)11-8-39-15-21-45(22-16-39)63-57(72)78-5)37-67(36-65)35-49-29-43(32-52(61-49)55(70)76-3)12-9-40-17-23-46(24-18-40)64-58(73)79-6;/h13-24,27-32H,25-26,33-37H2,1-6H3,(H,62,71)(H,63,72)(H,64,73);/q;+3/p-3. The van der Waals surface area contributed by atoms with Gasteiger partial charge in [0.2, 0.25) is 0 Å². The molecule has 21 nitrogen and oxygen atoms in total.